The SMILES string of the molecule is CC(=O)C1=C(O)C(=O)N(c2ccc3nc[nH]c3c2)C1c1cc(C)c(C)o1. The largest absolute Gasteiger partial charge is 0.503 e. The Kier molecular flexibility index (Phi) is 3.47. The summed E-state index contributed by atoms with van der Waals surface area (Å²) in [7, 11) is 0. The highest BCUT2D eigenvalue weighted by molar-refractivity contribution is 6.16. The van der Waals surface area contributed by atoms with E-state index in [1.807, 2.05) is 13.8 Å². The maximum atomic E-state index is 12.8. The van der Waals surface area contributed by atoms with Gasteiger partial charge in [-0.25, -0.2) is 4.98 Å². The number of imidazole rings is 1. The van der Waals surface area contributed by atoms with Gasteiger partial charge >= 0.3 is 0 Å². The van der Waals surface area contributed by atoms with Crippen LogP contribution < -0.4 is 4.90 Å². The number of aromatic nitrogens is 2. The van der Waals surface area contributed by atoms with Gasteiger partial charge in [0.05, 0.1) is 22.9 Å². The number of carbonyl (C=O) groups is 2. The lowest BCUT2D eigenvalue weighted by atomic mass is 10.0. The Labute approximate surface area is 148 Å². The van der Waals surface area contributed by atoms with Crippen LogP contribution in [-0.4, -0.2) is 26.8 Å². The Bertz CT molecular complexity index is 1070. The first-order valence-electron chi connectivity index (χ1n) is 8.16. The van der Waals surface area contributed by atoms with E-state index in [9.17, 15) is 14.7 Å². The second-order valence-corrected chi connectivity index (χ2v) is 6.39. The number of Topliss-reactive ketones (excluding diaryl/α,β-unsaturated/α-hetero) is 1. The van der Waals surface area contributed by atoms with Gasteiger partial charge in [0.1, 0.15) is 17.6 Å². The molecule has 0 spiro atoms. The third-order valence-electron chi connectivity index (χ3n) is 4.72. The van der Waals surface area contributed by atoms with Crippen molar-refractivity contribution in [2.24, 2.45) is 0 Å². The fourth-order valence-corrected chi connectivity index (χ4v) is 3.31. The van der Waals surface area contributed by atoms with Crippen LogP contribution in [0.15, 0.2) is 46.3 Å². The molecule has 1 amide bonds. The smallest absolute Gasteiger partial charge is 0.294 e. The molecular weight excluding hydrogens is 334 g/mol. The predicted octanol–water partition coefficient (Wildman–Crippen LogP) is 3.26. The van der Waals surface area contributed by atoms with E-state index in [4.69, 9.17) is 4.42 Å². The monoisotopic (exact) mass is 351 g/mol. The number of benzene rings is 1. The molecule has 0 aliphatic carbocycles. The highest BCUT2D eigenvalue weighted by Crippen LogP contribution is 2.42. The van der Waals surface area contributed by atoms with Crippen molar-refractivity contribution >= 4 is 28.4 Å². The number of H-pyrrole nitrogens is 1. The summed E-state index contributed by atoms with van der Waals surface area (Å²) in [4.78, 5) is 33.5. The quantitative estimate of drug-likeness (QED) is 0.754. The first kappa shape index (κ1) is 16.1. The van der Waals surface area contributed by atoms with Crippen LogP contribution in [0.4, 0.5) is 5.69 Å². The minimum Gasteiger partial charge on any atom is -0.503 e. The molecule has 3 aromatic rings. The summed E-state index contributed by atoms with van der Waals surface area (Å²) in [5.41, 5.74) is 2.98. The Morgan fingerprint density at radius 2 is 2.08 bits per heavy atom. The Balaban J connectivity index is 1.91. The third-order valence-corrected chi connectivity index (χ3v) is 4.72. The molecule has 0 bridgehead atoms. The van der Waals surface area contributed by atoms with Crippen LogP contribution in [0.25, 0.3) is 11.0 Å². The molecule has 1 aliphatic heterocycles. The molecule has 1 unspecified atom stereocenters. The lowest BCUT2D eigenvalue weighted by Gasteiger charge is -2.24. The van der Waals surface area contributed by atoms with E-state index in [0.717, 1.165) is 16.6 Å². The molecule has 7 heteroatoms. The number of ketones is 1. The Morgan fingerprint density at radius 3 is 2.73 bits per heavy atom. The van der Waals surface area contributed by atoms with Crippen LogP contribution in [0.3, 0.4) is 0 Å². The molecule has 26 heavy (non-hydrogen) atoms. The summed E-state index contributed by atoms with van der Waals surface area (Å²) in [6.07, 6.45) is 1.56. The highest BCUT2D eigenvalue weighted by Gasteiger charge is 2.45. The van der Waals surface area contributed by atoms with Gasteiger partial charge in [-0.05, 0) is 50.6 Å². The molecule has 7 nitrogen and oxygen atoms in total. The first-order valence-corrected chi connectivity index (χ1v) is 8.16. The molecule has 2 aromatic heterocycles. The van der Waals surface area contributed by atoms with Crippen molar-refractivity contribution in [3.8, 4) is 0 Å². The number of amides is 1. The summed E-state index contributed by atoms with van der Waals surface area (Å²) >= 11 is 0. The number of carbonyl (C=O) groups excluding carboxylic acids is 2. The second kappa shape index (κ2) is 5.59. The molecule has 0 fully saturated rings. The predicted molar refractivity (Wildman–Crippen MR) is 94.8 cm³/mol. The number of hydrogen-bond acceptors (Lipinski definition) is 5. The van der Waals surface area contributed by atoms with Gasteiger partial charge < -0.3 is 14.5 Å². The molecule has 132 valence electrons. The van der Waals surface area contributed by atoms with Gasteiger partial charge in [-0.15, -0.1) is 0 Å². The summed E-state index contributed by atoms with van der Waals surface area (Å²) < 4.78 is 5.79. The average molecular weight is 351 g/mol. The van der Waals surface area contributed by atoms with E-state index >= 15 is 0 Å². The van der Waals surface area contributed by atoms with E-state index in [-0.39, 0.29) is 11.4 Å². The zero-order chi connectivity index (χ0) is 18.6. The van der Waals surface area contributed by atoms with Gasteiger partial charge in [-0.1, -0.05) is 0 Å². The van der Waals surface area contributed by atoms with Gasteiger partial charge in [0, 0.05) is 5.69 Å². The molecule has 1 aliphatic rings. The topological polar surface area (TPSA) is 99.4 Å². The number of aliphatic hydroxyl groups excluding tert-OH is 1. The van der Waals surface area contributed by atoms with Crippen LogP contribution in [0.2, 0.25) is 0 Å². The zero-order valence-electron chi connectivity index (χ0n) is 14.5. The van der Waals surface area contributed by atoms with Crippen LogP contribution >= 0.6 is 0 Å². The number of fused-ring (bicyclic) bond motifs is 1. The van der Waals surface area contributed by atoms with Crippen molar-refractivity contribution in [3.63, 3.8) is 0 Å². The Morgan fingerprint density at radius 1 is 1.31 bits per heavy atom. The molecule has 0 saturated heterocycles. The van der Waals surface area contributed by atoms with Crippen molar-refractivity contribution in [2.75, 3.05) is 4.90 Å². The normalized spacial score (nSPS) is 17.6. The molecule has 1 aromatic carbocycles. The zero-order valence-corrected chi connectivity index (χ0v) is 14.5. The molecule has 0 radical (unpaired) electrons. The maximum Gasteiger partial charge on any atom is 0.294 e. The van der Waals surface area contributed by atoms with Crippen LogP contribution in [-0.2, 0) is 9.59 Å². The van der Waals surface area contributed by atoms with Gasteiger partial charge in [0.2, 0.25) is 0 Å². The fourth-order valence-electron chi connectivity index (χ4n) is 3.31. The minimum atomic E-state index is -0.812. The lowest BCUT2D eigenvalue weighted by molar-refractivity contribution is -0.117. The van der Waals surface area contributed by atoms with Gasteiger partial charge in [-0.2, -0.15) is 0 Å². The summed E-state index contributed by atoms with van der Waals surface area (Å²) in [6.45, 7) is 5.03. The second-order valence-electron chi connectivity index (χ2n) is 6.39. The van der Waals surface area contributed by atoms with E-state index < -0.39 is 17.7 Å². The molecule has 2 N–H and O–H groups in total. The van der Waals surface area contributed by atoms with E-state index in [0.29, 0.717) is 17.2 Å². The number of rotatable bonds is 3. The van der Waals surface area contributed by atoms with Crippen molar-refractivity contribution in [3.05, 3.63) is 59.0 Å². The van der Waals surface area contributed by atoms with Gasteiger partial charge in [-0.3, -0.25) is 14.5 Å². The van der Waals surface area contributed by atoms with Crippen LogP contribution in [0.5, 0.6) is 0 Å². The van der Waals surface area contributed by atoms with Crippen LogP contribution in [0, 0.1) is 13.8 Å². The molecular formula is C19H17N3O4. The van der Waals surface area contributed by atoms with Crippen molar-refractivity contribution in [1.29, 1.82) is 0 Å². The molecule has 3 heterocycles. The first-order chi connectivity index (χ1) is 12.4. The average Bonchev–Trinajstić information content (AvgIpc) is 3.25. The number of aromatic amines is 1. The van der Waals surface area contributed by atoms with Crippen molar-refractivity contribution in [1.82, 2.24) is 9.97 Å². The molecule has 1 atom stereocenters. The summed E-state index contributed by atoms with van der Waals surface area (Å²) in [5.74, 6) is -0.416. The molecule has 0 saturated carbocycles. The number of aryl methyl sites for hydroxylation is 2. The summed E-state index contributed by atoms with van der Waals surface area (Å²) in [5, 5.41) is 10.3. The highest BCUT2D eigenvalue weighted by atomic mass is 16.3. The molecule has 4 rings (SSSR count). The summed E-state index contributed by atoms with van der Waals surface area (Å²) in [6, 6.07) is 6.23. The number of anilines is 1. The lowest BCUT2D eigenvalue weighted by Crippen LogP contribution is -2.30. The standard InChI is InChI=1S/C19H17N3O4/c1-9-6-15(26-11(9)3)17-16(10(2)23)18(24)19(25)22(17)12-4-5-13-14(7-12)21-8-20-13/h4-8,17,24H,1-3H3,(H,20,21). The van der Waals surface area contributed by atoms with Crippen molar-refractivity contribution in [2.45, 2.75) is 26.8 Å². The van der Waals surface area contributed by atoms with E-state index in [2.05, 4.69) is 9.97 Å². The number of aliphatic hydroxyl groups is 1. The minimum absolute atomic E-state index is 0.0356. The van der Waals surface area contributed by atoms with Crippen molar-refractivity contribution < 1.29 is 19.1 Å². The van der Waals surface area contributed by atoms with E-state index in [1.165, 1.54) is 11.8 Å². The van der Waals surface area contributed by atoms with Gasteiger partial charge in [0.15, 0.2) is 11.5 Å². The fraction of sp³-hybridized carbons (Fsp3) is 0.211. The van der Waals surface area contributed by atoms with Crippen LogP contribution in [0.1, 0.15) is 30.0 Å². The number of furan rings is 1. The van der Waals surface area contributed by atoms with Gasteiger partial charge in [0.25, 0.3) is 5.91 Å². The third kappa shape index (κ3) is 2.24. The number of nitrogens with one attached hydrogen (secondary N) is 1. The maximum absolute atomic E-state index is 12.8. The van der Waals surface area contributed by atoms with E-state index in [1.54, 1.807) is 30.6 Å². The Hall–Kier alpha value is -3.35. The number of hydrogen-bond donors (Lipinski definition) is 2. The number of nitrogens with zero attached hydrogens (tertiary/aromatic N) is 2.